The summed E-state index contributed by atoms with van der Waals surface area (Å²) in [7, 11) is 0. The summed E-state index contributed by atoms with van der Waals surface area (Å²) in [6, 6.07) is 2.32. The van der Waals surface area contributed by atoms with Crippen LogP contribution in [0.1, 0.15) is 57.4 Å². The van der Waals surface area contributed by atoms with Crippen molar-refractivity contribution < 1.29 is 0 Å². The highest BCUT2D eigenvalue weighted by Gasteiger charge is 2.17. The van der Waals surface area contributed by atoms with E-state index in [0.29, 0.717) is 17.4 Å². The Kier molecular flexibility index (Phi) is 6.61. The van der Waals surface area contributed by atoms with Crippen LogP contribution in [0.3, 0.4) is 0 Å². The molecule has 4 nitrogen and oxygen atoms in total. The molecule has 1 aromatic rings. The van der Waals surface area contributed by atoms with Crippen LogP contribution in [0.15, 0.2) is 0 Å². The summed E-state index contributed by atoms with van der Waals surface area (Å²) < 4.78 is 0. The fourth-order valence-corrected chi connectivity index (χ4v) is 2.10. The van der Waals surface area contributed by atoms with E-state index in [1.807, 2.05) is 13.8 Å². The molecular weight excluding hydrogens is 260 g/mol. The molecule has 1 heterocycles. The van der Waals surface area contributed by atoms with E-state index in [0.717, 1.165) is 43.0 Å². The topological polar surface area (TPSA) is 52.8 Å². The van der Waals surface area contributed by atoms with Gasteiger partial charge in [0.2, 0.25) is 0 Å². The third kappa shape index (κ3) is 5.00. The van der Waals surface area contributed by atoms with E-state index in [-0.39, 0.29) is 0 Å². The molecule has 116 valence electrons. The summed E-state index contributed by atoms with van der Waals surface area (Å²) in [4.78, 5) is 2.23. The zero-order valence-electron chi connectivity index (χ0n) is 14.3. The lowest BCUT2D eigenvalue weighted by atomic mass is 10.1. The smallest absolute Gasteiger partial charge is 0.169 e. The molecule has 0 radical (unpaired) electrons. The van der Waals surface area contributed by atoms with Gasteiger partial charge in [0.15, 0.2) is 5.82 Å². The zero-order valence-corrected chi connectivity index (χ0v) is 14.3. The van der Waals surface area contributed by atoms with Crippen LogP contribution in [-0.2, 0) is 0 Å². The van der Waals surface area contributed by atoms with Crippen molar-refractivity contribution in [3.05, 3.63) is 16.8 Å². The van der Waals surface area contributed by atoms with Crippen LogP contribution in [0.5, 0.6) is 0 Å². The quantitative estimate of drug-likeness (QED) is 0.764. The van der Waals surface area contributed by atoms with Gasteiger partial charge in [-0.3, -0.25) is 0 Å². The molecule has 0 aromatic carbocycles. The SMILES string of the molecule is Cc1nnc(N(CCC(C)C)CCC(C)C)c(C#N)c1C. The molecule has 1 rings (SSSR count). The molecule has 0 fully saturated rings. The minimum Gasteiger partial charge on any atom is -0.354 e. The van der Waals surface area contributed by atoms with Gasteiger partial charge >= 0.3 is 0 Å². The van der Waals surface area contributed by atoms with Crippen molar-refractivity contribution in [2.24, 2.45) is 11.8 Å². The molecule has 4 heteroatoms. The number of anilines is 1. The minimum atomic E-state index is 0.636. The van der Waals surface area contributed by atoms with E-state index >= 15 is 0 Å². The van der Waals surface area contributed by atoms with E-state index in [4.69, 9.17) is 0 Å². The number of hydrogen-bond acceptors (Lipinski definition) is 4. The number of aryl methyl sites for hydroxylation is 1. The van der Waals surface area contributed by atoms with Gasteiger partial charge in [-0.25, -0.2) is 0 Å². The Morgan fingerprint density at radius 1 is 1.00 bits per heavy atom. The fraction of sp³-hybridized carbons (Fsp3) is 0.706. The maximum atomic E-state index is 9.48. The normalized spacial score (nSPS) is 11.0. The van der Waals surface area contributed by atoms with Gasteiger partial charge in [0.05, 0.1) is 5.69 Å². The molecule has 0 bridgehead atoms. The monoisotopic (exact) mass is 288 g/mol. The predicted molar refractivity (Wildman–Crippen MR) is 87.3 cm³/mol. The van der Waals surface area contributed by atoms with Crippen molar-refractivity contribution in [1.82, 2.24) is 10.2 Å². The van der Waals surface area contributed by atoms with E-state index in [9.17, 15) is 5.26 Å². The molecule has 0 unspecified atom stereocenters. The van der Waals surface area contributed by atoms with Gasteiger partial charge in [0.25, 0.3) is 0 Å². The van der Waals surface area contributed by atoms with Crippen LogP contribution in [0.4, 0.5) is 5.82 Å². The van der Waals surface area contributed by atoms with Gasteiger partial charge in [0, 0.05) is 13.1 Å². The average Bonchev–Trinajstić information content (AvgIpc) is 2.41. The first-order valence-corrected chi connectivity index (χ1v) is 7.85. The van der Waals surface area contributed by atoms with Crippen LogP contribution in [0.2, 0.25) is 0 Å². The van der Waals surface area contributed by atoms with Gasteiger partial charge in [0.1, 0.15) is 11.6 Å². The largest absolute Gasteiger partial charge is 0.354 e. The van der Waals surface area contributed by atoms with Crippen molar-refractivity contribution in [2.45, 2.75) is 54.4 Å². The molecule has 0 aliphatic carbocycles. The first kappa shape index (κ1) is 17.4. The molecular formula is C17H28N4. The third-order valence-electron chi connectivity index (χ3n) is 3.80. The van der Waals surface area contributed by atoms with E-state index < -0.39 is 0 Å². The summed E-state index contributed by atoms with van der Waals surface area (Å²) >= 11 is 0. The molecule has 21 heavy (non-hydrogen) atoms. The van der Waals surface area contributed by atoms with Crippen molar-refractivity contribution in [2.75, 3.05) is 18.0 Å². The Balaban J connectivity index is 3.07. The molecule has 0 atom stereocenters. The maximum absolute atomic E-state index is 9.48. The lowest BCUT2D eigenvalue weighted by Crippen LogP contribution is -2.30. The predicted octanol–water partition coefficient (Wildman–Crippen LogP) is 3.86. The lowest BCUT2D eigenvalue weighted by Gasteiger charge is -2.26. The van der Waals surface area contributed by atoms with E-state index in [2.05, 4.69) is 48.9 Å². The minimum absolute atomic E-state index is 0.636. The Morgan fingerprint density at radius 2 is 1.52 bits per heavy atom. The van der Waals surface area contributed by atoms with Crippen LogP contribution >= 0.6 is 0 Å². The van der Waals surface area contributed by atoms with Crippen molar-refractivity contribution in [3.8, 4) is 6.07 Å². The second kappa shape index (κ2) is 7.97. The number of aromatic nitrogens is 2. The van der Waals surface area contributed by atoms with Crippen LogP contribution in [0, 0.1) is 37.0 Å². The molecule has 0 N–H and O–H groups in total. The highest BCUT2D eigenvalue weighted by molar-refractivity contribution is 5.57. The second-order valence-corrected chi connectivity index (χ2v) is 6.57. The second-order valence-electron chi connectivity index (χ2n) is 6.57. The highest BCUT2D eigenvalue weighted by Crippen LogP contribution is 2.23. The number of hydrogen-bond donors (Lipinski definition) is 0. The molecule has 0 saturated heterocycles. The Hall–Kier alpha value is -1.63. The highest BCUT2D eigenvalue weighted by atomic mass is 15.3. The number of nitriles is 1. The van der Waals surface area contributed by atoms with Gasteiger partial charge < -0.3 is 4.90 Å². The summed E-state index contributed by atoms with van der Waals surface area (Å²) in [5, 5.41) is 18.0. The molecule has 1 aromatic heterocycles. The third-order valence-corrected chi connectivity index (χ3v) is 3.80. The van der Waals surface area contributed by atoms with Gasteiger partial charge in [-0.2, -0.15) is 10.4 Å². The summed E-state index contributed by atoms with van der Waals surface area (Å²) in [6.07, 6.45) is 2.19. The number of rotatable bonds is 7. The van der Waals surface area contributed by atoms with Gasteiger partial charge in [-0.15, -0.1) is 5.10 Å². The summed E-state index contributed by atoms with van der Waals surface area (Å²) in [5.74, 6) is 2.02. The maximum Gasteiger partial charge on any atom is 0.169 e. The van der Waals surface area contributed by atoms with Gasteiger partial charge in [-0.1, -0.05) is 27.7 Å². The molecule has 0 aliphatic rings. The van der Waals surface area contributed by atoms with Crippen molar-refractivity contribution >= 4 is 5.82 Å². The van der Waals surface area contributed by atoms with Gasteiger partial charge in [-0.05, 0) is 44.1 Å². The first-order valence-electron chi connectivity index (χ1n) is 7.85. The lowest BCUT2D eigenvalue weighted by molar-refractivity contribution is 0.531. The first-order chi connectivity index (χ1) is 9.86. The molecule has 0 amide bonds. The fourth-order valence-electron chi connectivity index (χ4n) is 2.10. The van der Waals surface area contributed by atoms with Crippen LogP contribution in [0.25, 0.3) is 0 Å². The van der Waals surface area contributed by atoms with E-state index in [1.165, 1.54) is 0 Å². The molecule has 0 saturated carbocycles. The molecule has 0 aliphatic heterocycles. The summed E-state index contributed by atoms with van der Waals surface area (Å²) in [5.41, 5.74) is 2.46. The zero-order chi connectivity index (χ0) is 16.0. The average molecular weight is 288 g/mol. The van der Waals surface area contributed by atoms with Crippen LogP contribution in [-0.4, -0.2) is 23.3 Å². The van der Waals surface area contributed by atoms with Crippen molar-refractivity contribution in [1.29, 1.82) is 5.26 Å². The Bertz CT molecular complexity index is 488. The Labute approximate surface area is 129 Å². The summed E-state index contributed by atoms with van der Waals surface area (Å²) in [6.45, 7) is 14.6. The Morgan fingerprint density at radius 3 is 1.95 bits per heavy atom. The molecule has 0 spiro atoms. The van der Waals surface area contributed by atoms with E-state index in [1.54, 1.807) is 0 Å². The van der Waals surface area contributed by atoms with Crippen molar-refractivity contribution in [3.63, 3.8) is 0 Å². The van der Waals surface area contributed by atoms with Crippen LogP contribution < -0.4 is 4.90 Å². The standard InChI is InChI=1S/C17H28N4/c1-12(2)7-9-21(10-8-13(3)4)17-16(11-18)14(5)15(6)19-20-17/h12-13H,7-10H2,1-6H3. The number of nitrogens with zero attached hydrogens (tertiary/aromatic N) is 4.